The molecule has 0 rings (SSSR count). The van der Waals surface area contributed by atoms with Gasteiger partial charge in [0.05, 0.1) is 39.9 Å². The van der Waals surface area contributed by atoms with E-state index in [9.17, 15) is 14.6 Å². The van der Waals surface area contributed by atoms with Crippen molar-refractivity contribution in [1.29, 1.82) is 0 Å². The Balaban J connectivity index is 3.62. The lowest BCUT2D eigenvalue weighted by atomic mass is 10.0. The number of aliphatic hydroxyl groups excluding tert-OH is 1. The van der Waals surface area contributed by atoms with Crippen molar-refractivity contribution in [1.82, 2.24) is 0 Å². The number of aliphatic hydroxyl groups is 1. The number of likely N-dealkylation sites (N-methyl/N-ethyl adjacent to an activating group) is 1. The Morgan fingerprint density at radius 2 is 1.29 bits per heavy atom. The lowest BCUT2D eigenvalue weighted by molar-refractivity contribution is -0.870. The Hall–Kier alpha value is -0.0100. The largest absolute Gasteiger partial charge is 0.472 e. The van der Waals surface area contributed by atoms with Gasteiger partial charge in [-0.1, -0.05) is 90.4 Å². The van der Waals surface area contributed by atoms with Gasteiger partial charge < -0.3 is 20.2 Å². The molecule has 188 valence electrons. The number of rotatable bonds is 22. The zero-order valence-electron chi connectivity index (χ0n) is 20.8. The summed E-state index contributed by atoms with van der Waals surface area (Å²) in [7, 11) is 1.77. The molecule has 0 saturated heterocycles. The highest BCUT2D eigenvalue weighted by atomic mass is 31.2. The highest BCUT2D eigenvalue weighted by Gasteiger charge is 2.25. The predicted octanol–water partition coefficient (Wildman–Crippen LogP) is 5.00. The molecule has 0 radical (unpaired) electrons. The summed E-state index contributed by atoms with van der Waals surface area (Å²) in [6, 6.07) is -0.695. The first-order valence-electron chi connectivity index (χ1n) is 12.4. The zero-order chi connectivity index (χ0) is 23.6. The first-order chi connectivity index (χ1) is 14.6. The fraction of sp³-hybridized carbons (Fsp3) is 1.00. The minimum atomic E-state index is -4.13. The van der Waals surface area contributed by atoms with Crippen molar-refractivity contribution in [2.24, 2.45) is 5.73 Å². The molecule has 0 aromatic rings. The lowest BCUT2D eigenvalue weighted by Crippen LogP contribution is -2.39. The molecule has 8 heteroatoms. The van der Waals surface area contributed by atoms with Crippen LogP contribution in [0.5, 0.6) is 0 Å². The van der Waals surface area contributed by atoms with Gasteiger partial charge in [0.1, 0.15) is 13.2 Å². The maximum atomic E-state index is 11.9. The third-order valence-electron chi connectivity index (χ3n) is 5.54. The first kappa shape index (κ1) is 31.0. The van der Waals surface area contributed by atoms with Crippen LogP contribution in [-0.2, 0) is 13.6 Å². The number of phosphoric acid groups is 1. The molecule has 0 bridgehead atoms. The number of quaternary nitrogens is 1. The van der Waals surface area contributed by atoms with Crippen LogP contribution in [0.15, 0.2) is 0 Å². The van der Waals surface area contributed by atoms with E-state index in [1.807, 2.05) is 21.1 Å². The van der Waals surface area contributed by atoms with Gasteiger partial charge >= 0.3 is 7.82 Å². The van der Waals surface area contributed by atoms with E-state index in [2.05, 4.69) is 6.92 Å². The summed E-state index contributed by atoms with van der Waals surface area (Å²) in [5, 5.41) is 10.2. The first-order valence-corrected chi connectivity index (χ1v) is 13.9. The normalized spacial score (nSPS) is 16.2. The van der Waals surface area contributed by atoms with Crippen LogP contribution in [0.2, 0.25) is 0 Å². The molecule has 31 heavy (non-hydrogen) atoms. The van der Waals surface area contributed by atoms with Crippen LogP contribution in [0.25, 0.3) is 0 Å². The van der Waals surface area contributed by atoms with Crippen molar-refractivity contribution in [3.63, 3.8) is 0 Å². The average molecular weight is 468 g/mol. The molecule has 1 unspecified atom stereocenters. The maximum absolute atomic E-state index is 11.9. The second-order valence-corrected chi connectivity index (χ2v) is 11.3. The van der Waals surface area contributed by atoms with E-state index in [0.717, 1.165) is 12.8 Å². The highest BCUT2D eigenvalue weighted by molar-refractivity contribution is 7.47. The molecule has 0 aromatic heterocycles. The molecule has 4 N–H and O–H groups in total. The molecule has 0 fully saturated rings. The van der Waals surface area contributed by atoms with Gasteiger partial charge in [-0.25, -0.2) is 4.57 Å². The summed E-state index contributed by atoms with van der Waals surface area (Å²) in [6.07, 6.45) is 16.5. The summed E-state index contributed by atoms with van der Waals surface area (Å²) in [5.74, 6) is 0. The number of nitrogens with zero attached hydrogens (tertiary/aromatic N) is 1. The summed E-state index contributed by atoms with van der Waals surface area (Å²) in [4.78, 5) is 9.71. The van der Waals surface area contributed by atoms with Crippen LogP contribution in [0, 0.1) is 0 Å². The predicted molar refractivity (Wildman–Crippen MR) is 129 cm³/mol. The number of hydrogen-bond acceptors (Lipinski definition) is 5. The zero-order valence-corrected chi connectivity index (χ0v) is 21.7. The molecule has 0 aliphatic carbocycles. The molecule has 0 spiro atoms. The molecule has 3 atom stereocenters. The van der Waals surface area contributed by atoms with E-state index < -0.39 is 20.0 Å². The van der Waals surface area contributed by atoms with Crippen molar-refractivity contribution in [2.75, 3.05) is 40.9 Å². The van der Waals surface area contributed by atoms with E-state index >= 15 is 0 Å². The van der Waals surface area contributed by atoms with Gasteiger partial charge in [0, 0.05) is 0 Å². The molecule has 0 aliphatic rings. The molecule has 0 saturated carbocycles. The van der Waals surface area contributed by atoms with Crippen molar-refractivity contribution >= 4 is 7.82 Å². The van der Waals surface area contributed by atoms with Gasteiger partial charge in [-0.2, -0.15) is 0 Å². The molecule has 0 aromatic carbocycles. The number of nitrogens with two attached hydrogens (primary N) is 1. The Kier molecular flexibility index (Phi) is 18.4. The van der Waals surface area contributed by atoms with Crippen LogP contribution in [0.4, 0.5) is 0 Å². The van der Waals surface area contributed by atoms with E-state index in [1.165, 1.54) is 70.6 Å². The van der Waals surface area contributed by atoms with Gasteiger partial charge in [-0.05, 0) is 6.42 Å². The van der Waals surface area contributed by atoms with Crippen LogP contribution >= 0.6 is 7.82 Å². The van der Waals surface area contributed by atoms with Gasteiger partial charge in [0.2, 0.25) is 0 Å². The molecule has 0 aliphatic heterocycles. The summed E-state index contributed by atoms with van der Waals surface area (Å²) in [5.41, 5.74) is 5.90. The van der Waals surface area contributed by atoms with Crippen molar-refractivity contribution in [2.45, 2.75) is 109 Å². The van der Waals surface area contributed by atoms with E-state index in [1.54, 1.807) is 0 Å². The third-order valence-corrected chi connectivity index (χ3v) is 6.53. The Morgan fingerprint density at radius 3 is 1.74 bits per heavy atom. The lowest BCUT2D eigenvalue weighted by Gasteiger charge is -2.24. The van der Waals surface area contributed by atoms with Gasteiger partial charge in [0.25, 0.3) is 0 Å². The molecule has 0 amide bonds. The van der Waals surface area contributed by atoms with Crippen molar-refractivity contribution in [3.05, 3.63) is 0 Å². The van der Waals surface area contributed by atoms with E-state index in [0.29, 0.717) is 17.4 Å². The fourth-order valence-corrected chi connectivity index (χ4v) is 4.09. The van der Waals surface area contributed by atoms with E-state index in [4.69, 9.17) is 14.8 Å². The van der Waals surface area contributed by atoms with Crippen molar-refractivity contribution in [3.8, 4) is 0 Å². The quantitative estimate of drug-likeness (QED) is 0.118. The summed E-state index contributed by atoms with van der Waals surface area (Å²) >= 11 is 0. The fourth-order valence-electron chi connectivity index (χ4n) is 3.34. The average Bonchev–Trinajstić information content (AvgIpc) is 2.68. The second-order valence-electron chi connectivity index (χ2n) is 9.87. The smallest absolute Gasteiger partial charge is 0.391 e. The Labute approximate surface area is 191 Å². The molecule has 0 heterocycles. The van der Waals surface area contributed by atoms with Crippen LogP contribution < -0.4 is 5.73 Å². The van der Waals surface area contributed by atoms with Crippen LogP contribution in [-0.4, -0.2) is 67.5 Å². The number of unbranched alkanes of at least 4 members (excludes halogenated alkanes) is 12. The standard InChI is InChI=1S/C23H51N2O5P/c1-5-6-7-8-9-10-11-12-13-14-15-16-17-18-23(26)22(24)21-30-31(27,28)29-20-19-25(2,3)4/h22-23,26H,5-21,24H2,1-4H3/p+1/t22-,23+/m0/s1. The molecular formula is C23H52N2O5P+. The second kappa shape index (κ2) is 18.4. The molecule has 7 nitrogen and oxygen atoms in total. The van der Waals surface area contributed by atoms with Gasteiger partial charge in [0.15, 0.2) is 0 Å². The van der Waals surface area contributed by atoms with Gasteiger partial charge in [-0.15, -0.1) is 0 Å². The van der Waals surface area contributed by atoms with E-state index in [-0.39, 0.29) is 13.2 Å². The summed E-state index contributed by atoms with van der Waals surface area (Å²) < 4.78 is 22.4. The summed E-state index contributed by atoms with van der Waals surface area (Å²) in [6.45, 7) is 2.76. The van der Waals surface area contributed by atoms with Crippen LogP contribution in [0.1, 0.15) is 96.8 Å². The monoisotopic (exact) mass is 467 g/mol. The highest BCUT2D eigenvalue weighted by Crippen LogP contribution is 2.43. The van der Waals surface area contributed by atoms with Gasteiger partial charge in [-0.3, -0.25) is 9.05 Å². The molecular weight excluding hydrogens is 415 g/mol. The third kappa shape index (κ3) is 21.6. The number of phosphoric ester groups is 1. The number of hydrogen-bond donors (Lipinski definition) is 3. The maximum Gasteiger partial charge on any atom is 0.472 e. The van der Waals surface area contributed by atoms with Crippen LogP contribution in [0.3, 0.4) is 0 Å². The minimum Gasteiger partial charge on any atom is -0.391 e. The Morgan fingerprint density at radius 1 is 0.839 bits per heavy atom. The topological polar surface area (TPSA) is 102 Å². The Bertz CT molecular complexity index is 460. The van der Waals surface area contributed by atoms with Crippen molar-refractivity contribution < 1.29 is 28.1 Å². The minimum absolute atomic E-state index is 0.119. The SMILES string of the molecule is CCCCCCCCCCCCCCC[C@@H](O)[C@@H](N)COP(=O)(O)OCC[N+](C)(C)C.